The lowest BCUT2D eigenvalue weighted by Gasteiger charge is -2.40. The first kappa shape index (κ1) is 81.4. The van der Waals surface area contributed by atoms with Crippen LogP contribution >= 0.6 is 0 Å². The van der Waals surface area contributed by atoms with Crippen LogP contribution in [-0.2, 0) is 23.8 Å². The summed E-state index contributed by atoms with van der Waals surface area (Å²) in [4.78, 5) is 25.1. The first-order chi connectivity index (χ1) is 42.2. The van der Waals surface area contributed by atoms with Crippen LogP contribution < -0.4 is 5.32 Å². The minimum atomic E-state index is -1.58. The number of nitrogens with one attached hydrogen (secondary N) is 1. The third kappa shape index (κ3) is 52.2. The van der Waals surface area contributed by atoms with Crippen LogP contribution in [0.4, 0.5) is 0 Å². The van der Waals surface area contributed by atoms with E-state index in [1.165, 1.54) is 238 Å². The lowest BCUT2D eigenvalue weighted by Crippen LogP contribution is -2.60. The van der Waals surface area contributed by atoms with E-state index in [1.807, 2.05) is 6.08 Å². The quantitative estimate of drug-likeness (QED) is 0.0195. The van der Waals surface area contributed by atoms with Crippen LogP contribution in [0.1, 0.15) is 341 Å². The van der Waals surface area contributed by atoms with E-state index < -0.39 is 49.5 Å². The summed E-state index contributed by atoms with van der Waals surface area (Å²) in [5.41, 5.74) is 0. The normalized spacial score (nSPS) is 18.2. The van der Waals surface area contributed by atoms with Gasteiger partial charge in [-0.05, 0) is 89.9 Å². The summed E-state index contributed by atoms with van der Waals surface area (Å²) < 4.78 is 16.7. The molecule has 0 aromatic rings. The summed E-state index contributed by atoms with van der Waals surface area (Å²) in [6.07, 6.45) is 75.1. The zero-order chi connectivity index (χ0) is 62.3. The molecule has 0 bridgehead atoms. The third-order valence-electron chi connectivity index (χ3n) is 17.1. The molecule has 1 fully saturated rings. The minimum Gasteiger partial charge on any atom is -0.466 e. The molecule has 0 saturated carbocycles. The molecule has 0 radical (unpaired) electrons. The molecule has 502 valence electrons. The molecule has 11 nitrogen and oxygen atoms in total. The van der Waals surface area contributed by atoms with Gasteiger partial charge in [-0.1, -0.05) is 299 Å². The number of aliphatic hydroxyl groups excluding tert-OH is 5. The largest absolute Gasteiger partial charge is 0.466 e. The van der Waals surface area contributed by atoms with Gasteiger partial charge in [-0.25, -0.2) is 0 Å². The van der Waals surface area contributed by atoms with Crippen molar-refractivity contribution < 1.29 is 49.3 Å². The van der Waals surface area contributed by atoms with E-state index in [0.29, 0.717) is 19.4 Å². The third-order valence-corrected chi connectivity index (χ3v) is 17.1. The Morgan fingerprint density at radius 2 is 0.791 bits per heavy atom. The van der Waals surface area contributed by atoms with Gasteiger partial charge in [-0.15, -0.1) is 0 Å². The number of hydrogen-bond acceptors (Lipinski definition) is 10. The highest BCUT2D eigenvalue weighted by molar-refractivity contribution is 5.76. The number of unbranched alkanes of at least 4 members (excludes halogenated alkanes) is 42. The maximum Gasteiger partial charge on any atom is 0.305 e. The highest BCUT2D eigenvalue weighted by Crippen LogP contribution is 2.23. The number of amides is 1. The van der Waals surface area contributed by atoms with Crippen molar-refractivity contribution in [3.05, 3.63) is 60.8 Å². The highest BCUT2D eigenvalue weighted by Gasteiger charge is 2.44. The van der Waals surface area contributed by atoms with Crippen LogP contribution in [0.3, 0.4) is 0 Å². The zero-order valence-corrected chi connectivity index (χ0v) is 55.8. The molecule has 0 aromatic carbocycles. The van der Waals surface area contributed by atoms with Crippen molar-refractivity contribution in [2.24, 2.45) is 0 Å². The van der Waals surface area contributed by atoms with Crippen LogP contribution in [0.25, 0.3) is 0 Å². The standard InChI is InChI=1S/C75H137NO10/c1-3-5-7-9-11-13-15-38-41-45-49-53-57-61-68(78)67(66-85-75-74(83)73(82)72(81)69(65-77)86-75)76-70(79)62-58-54-50-46-42-39-36-34-32-30-28-26-24-22-20-18-17-19-21-23-25-27-29-31-33-35-37-40-44-48-52-56-60-64-84-71(80)63-59-55-51-47-43-16-14-12-10-8-6-4-2/h11,13,21,23,27,29,41,45,57,61,67-69,72-75,77-78,81-83H,3-10,12,14-20,22,24-26,28,30-40,42-44,46-56,58-60,62-66H2,1-2H3,(H,76,79)/b13-11+,23-21-,29-27-,45-41+,61-57+. The molecule has 1 rings (SSSR count). The van der Waals surface area contributed by atoms with Gasteiger partial charge < -0.3 is 45.1 Å². The fourth-order valence-corrected chi connectivity index (χ4v) is 11.3. The number of hydrogen-bond donors (Lipinski definition) is 6. The van der Waals surface area contributed by atoms with Gasteiger partial charge in [-0.2, -0.15) is 0 Å². The Labute approximate surface area is 528 Å². The molecular formula is C75H137NO10. The van der Waals surface area contributed by atoms with E-state index in [9.17, 15) is 35.1 Å². The highest BCUT2D eigenvalue weighted by atomic mass is 16.7. The van der Waals surface area contributed by atoms with E-state index in [1.54, 1.807) is 6.08 Å². The Morgan fingerprint density at radius 3 is 1.24 bits per heavy atom. The average Bonchev–Trinajstić information content (AvgIpc) is 3.69. The van der Waals surface area contributed by atoms with Gasteiger partial charge in [-0.3, -0.25) is 9.59 Å². The molecule has 0 spiro atoms. The van der Waals surface area contributed by atoms with E-state index in [4.69, 9.17) is 14.2 Å². The van der Waals surface area contributed by atoms with Crippen molar-refractivity contribution in [2.75, 3.05) is 19.8 Å². The molecular weight excluding hydrogens is 1070 g/mol. The summed E-state index contributed by atoms with van der Waals surface area (Å²) in [6, 6.07) is -0.834. The van der Waals surface area contributed by atoms with E-state index >= 15 is 0 Å². The molecule has 86 heavy (non-hydrogen) atoms. The number of allylic oxidation sites excluding steroid dienone is 9. The van der Waals surface area contributed by atoms with Crippen molar-refractivity contribution in [2.45, 2.75) is 384 Å². The summed E-state index contributed by atoms with van der Waals surface area (Å²) in [5.74, 6) is -0.187. The number of ether oxygens (including phenoxy) is 3. The Kier molecular flexibility index (Phi) is 60.5. The Morgan fingerprint density at radius 1 is 0.430 bits per heavy atom. The first-order valence-electron chi connectivity index (χ1n) is 36.6. The van der Waals surface area contributed by atoms with Crippen LogP contribution in [0.15, 0.2) is 60.8 Å². The fraction of sp³-hybridized carbons (Fsp3) is 0.840. The molecule has 6 N–H and O–H groups in total. The smallest absolute Gasteiger partial charge is 0.305 e. The predicted molar refractivity (Wildman–Crippen MR) is 361 cm³/mol. The molecule has 1 heterocycles. The number of carbonyl (C=O) groups excluding carboxylic acids is 2. The minimum absolute atomic E-state index is 0.00716. The molecule has 7 atom stereocenters. The van der Waals surface area contributed by atoms with Gasteiger partial charge in [0, 0.05) is 12.8 Å². The second-order valence-corrected chi connectivity index (χ2v) is 25.3. The molecule has 1 amide bonds. The van der Waals surface area contributed by atoms with Crippen molar-refractivity contribution in [3.8, 4) is 0 Å². The average molecular weight is 1210 g/mol. The molecule has 0 aromatic heterocycles. The van der Waals surface area contributed by atoms with Crippen LogP contribution in [0, 0.1) is 0 Å². The van der Waals surface area contributed by atoms with Crippen LogP contribution in [-0.4, -0.2) is 100 Å². The SMILES string of the molecule is CCCCC/C=C/CC/C=C/CC/C=C/C(O)C(COC1OC(CO)C(O)C(O)C1O)NC(=O)CCCCCCCCCCCCCCCCCCC/C=C\C/C=C\CCCCCCCCCCCOC(=O)CCCCCCCCCCCCCC. The van der Waals surface area contributed by atoms with E-state index in [0.717, 1.165) is 77.0 Å². The number of aliphatic hydroxyl groups is 5. The second-order valence-electron chi connectivity index (χ2n) is 25.3. The predicted octanol–water partition coefficient (Wildman–Crippen LogP) is 18.9. The van der Waals surface area contributed by atoms with Gasteiger partial charge in [0.1, 0.15) is 24.4 Å². The molecule has 1 saturated heterocycles. The molecule has 0 aliphatic carbocycles. The van der Waals surface area contributed by atoms with Gasteiger partial charge in [0.05, 0.1) is 32.0 Å². The van der Waals surface area contributed by atoms with Crippen LogP contribution in [0.2, 0.25) is 0 Å². The van der Waals surface area contributed by atoms with Gasteiger partial charge in [0.2, 0.25) is 5.91 Å². The summed E-state index contributed by atoms with van der Waals surface area (Å²) in [7, 11) is 0. The molecule has 1 aliphatic heterocycles. The van der Waals surface area contributed by atoms with Crippen molar-refractivity contribution in [1.29, 1.82) is 0 Å². The van der Waals surface area contributed by atoms with Crippen molar-refractivity contribution >= 4 is 11.9 Å². The Hall–Kier alpha value is -2.64. The monoisotopic (exact) mass is 1210 g/mol. The summed E-state index contributed by atoms with van der Waals surface area (Å²) in [6.45, 7) is 4.31. The second kappa shape index (κ2) is 63.9. The zero-order valence-electron chi connectivity index (χ0n) is 55.8. The lowest BCUT2D eigenvalue weighted by molar-refractivity contribution is -0.302. The number of carbonyl (C=O) groups is 2. The Balaban J connectivity index is 1.97. The lowest BCUT2D eigenvalue weighted by atomic mass is 9.99. The molecule has 7 unspecified atom stereocenters. The summed E-state index contributed by atoms with van der Waals surface area (Å²) in [5, 5.41) is 54.5. The first-order valence-corrected chi connectivity index (χ1v) is 36.6. The summed E-state index contributed by atoms with van der Waals surface area (Å²) >= 11 is 0. The topological polar surface area (TPSA) is 175 Å². The molecule has 1 aliphatic rings. The van der Waals surface area contributed by atoms with Crippen LogP contribution in [0.5, 0.6) is 0 Å². The van der Waals surface area contributed by atoms with Gasteiger partial charge in [0.25, 0.3) is 0 Å². The van der Waals surface area contributed by atoms with Crippen molar-refractivity contribution in [1.82, 2.24) is 5.32 Å². The maximum atomic E-state index is 13.1. The number of rotatable bonds is 64. The van der Waals surface area contributed by atoms with Gasteiger partial charge in [0.15, 0.2) is 6.29 Å². The van der Waals surface area contributed by atoms with Crippen molar-refractivity contribution in [3.63, 3.8) is 0 Å². The van der Waals surface area contributed by atoms with E-state index in [-0.39, 0.29) is 18.5 Å². The maximum absolute atomic E-state index is 13.1. The van der Waals surface area contributed by atoms with Gasteiger partial charge >= 0.3 is 5.97 Å². The molecule has 11 heteroatoms. The Bertz CT molecular complexity index is 1610. The van der Waals surface area contributed by atoms with E-state index in [2.05, 4.69) is 67.8 Å². The fourth-order valence-electron chi connectivity index (χ4n) is 11.3. The number of esters is 1.